The molecule has 2 aromatic rings. The second kappa shape index (κ2) is 10.1. The van der Waals surface area contributed by atoms with Crippen LogP contribution in [0, 0.1) is 0 Å². The van der Waals surface area contributed by atoms with Gasteiger partial charge in [-0.3, -0.25) is 9.35 Å². The molecule has 0 aliphatic heterocycles. The zero-order chi connectivity index (χ0) is 17.9. The van der Waals surface area contributed by atoms with Gasteiger partial charge in [0.25, 0.3) is 16.1 Å². The van der Waals surface area contributed by atoms with Crippen LogP contribution < -0.4 is 0 Å². The molecule has 0 radical (unpaired) electrons. The van der Waals surface area contributed by atoms with E-state index in [0.717, 1.165) is 6.92 Å². The van der Waals surface area contributed by atoms with Crippen LogP contribution in [0.5, 0.6) is 0 Å². The van der Waals surface area contributed by atoms with Gasteiger partial charge >= 0.3 is 5.97 Å². The van der Waals surface area contributed by atoms with Gasteiger partial charge in [0.15, 0.2) is 0 Å². The topological polar surface area (TPSA) is 129 Å². The lowest BCUT2D eigenvalue weighted by Gasteiger charge is -1.92. The third-order valence-corrected chi connectivity index (χ3v) is 2.93. The minimum absolute atomic E-state index is 0.0741. The number of rotatable bonds is 2. The average molecular weight is 340 g/mol. The summed E-state index contributed by atoms with van der Waals surface area (Å²) in [4.78, 5) is 19.1. The highest BCUT2D eigenvalue weighted by Crippen LogP contribution is 2.05. The van der Waals surface area contributed by atoms with Gasteiger partial charge in [0.2, 0.25) is 0 Å². The molecule has 0 atom stereocenters. The highest BCUT2D eigenvalue weighted by atomic mass is 32.2. The van der Waals surface area contributed by atoms with E-state index in [0.29, 0.717) is 5.56 Å². The summed E-state index contributed by atoms with van der Waals surface area (Å²) < 4.78 is 29.2. The first-order valence-corrected chi connectivity index (χ1v) is 7.59. The first-order valence-electron chi connectivity index (χ1n) is 6.15. The number of benzene rings is 2. The molecule has 0 saturated carbocycles. The number of hydrogen-bond donors (Lipinski definition) is 3. The maximum absolute atomic E-state index is 10.4. The van der Waals surface area contributed by atoms with Crippen molar-refractivity contribution in [3.8, 4) is 0 Å². The number of carboxylic acid groups (broad SMARTS) is 2. The predicted molar refractivity (Wildman–Crippen MR) is 83.0 cm³/mol. The van der Waals surface area contributed by atoms with E-state index in [9.17, 15) is 13.2 Å². The molecule has 124 valence electrons. The van der Waals surface area contributed by atoms with Gasteiger partial charge in [-0.1, -0.05) is 36.4 Å². The van der Waals surface area contributed by atoms with Crippen molar-refractivity contribution in [2.45, 2.75) is 11.8 Å². The molecule has 0 bridgehead atoms. The Bertz CT molecular complexity index is 706. The predicted octanol–water partition coefficient (Wildman–Crippen LogP) is 2.41. The fourth-order valence-corrected chi connectivity index (χ4v) is 1.67. The summed E-state index contributed by atoms with van der Waals surface area (Å²) >= 11 is 0. The molecule has 0 heterocycles. The van der Waals surface area contributed by atoms with Crippen molar-refractivity contribution in [1.29, 1.82) is 0 Å². The molecular formula is C15H16O7S. The molecule has 0 aromatic heterocycles. The summed E-state index contributed by atoms with van der Waals surface area (Å²) in [5, 5.41) is 15.8. The summed E-state index contributed by atoms with van der Waals surface area (Å²) in [5.41, 5.74) is 0.331. The van der Waals surface area contributed by atoms with E-state index in [1.165, 1.54) is 12.1 Å². The molecule has 7 nitrogen and oxygen atoms in total. The van der Waals surface area contributed by atoms with Gasteiger partial charge in [-0.25, -0.2) is 4.79 Å². The second-order valence-electron chi connectivity index (χ2n) is 3.98. The summed E-state index contributed by atoms with van der Waals surface area (Å²) in [6.07, 6.45) is 0. The SMILES string of the molecule is CC(=O)O.O=C(O)c1ccccc1.O=S(=O)(O)c1ccccc1. The monoisotopic (exact) mass is 340 g/mol. The zero-order valence-corrected chi connectivity index (χ0v) is 13.0. The van der Waals surface area contributed by atoms with Crippen LogP contribution in [0.2, 0.25) is 0 Å². The number of hydrogen-bond acceptors (Lipinski definition) is 4. The molecule has 8 heteroatoms. The molecule has 2 rings (SSSR count). The number of aliphatic carboxylic acids is 1. The van der Waals surface area contributed by atoms with E-state index in [-0.39, 0.29) is 4.90 Å². The minimum atomic E-state index is -4.00. The smallest absolute Gasteiger partial charge is 0.335 e. The maximum Gasteiger partial charge on any atom is 0.335 e. The van der Waals surface area contributed by atoms with Crippen molar-refractivity contribution in [3.05, 3.63) is 66.2 Å². The third-order valence-electron chi connectivity index (χ3n) is 2.06. The highest BCUT2D eigenvalue weighted by molar-refractivity contribution is 7.85. The van der Waals surface area contributed by atoms with Crippen LogP contribution >= 0.6 is 0 Å². The summed E-state index contributed by atoms with van der Waals surface area (Å²) in [6.45, 7) is 1.08. The molecule has 2 aromatic carbocycles. The zero-order valence-electron chi connectivity index (χ0n) is 12.2. The molecule has 0 spiro atoms. The summed E-state index contributed by atoms with van der Waals surface area (Å²) in [7, 11) is -4.00. The van der Waals surface area contributed by atoms with Crippen LogP contribution in [0.3, 0.4) is 0 Å². The van der Waals surface area contributed by atoms with E-state index < -0.39 is 22.1 Å². The first-order chi connectivity index (χ1) is 10.6. The Morgan fingerprint density at radius 2 is 1.17 bits per heavy atom. The highest BCUT2D eigenvalue weighted by Gasteiger charge is 2.05. The molecule has 0 amide bonds. The Labute approximate surface area is 133 Å². The van der Waals surface area contributed by atoms with Crippen LogP contribution in [0.25, 0.3) is 0 Å². The number of carbonyl (C=O) groups is 2. The van der Waals surface area contributed by atoms with Crippen molar-refractivity contribution >= 4 is 22.1 Å². The Morgan fingerprint density at radius 3 is 1.39 bits per heavy atom. The van der Waals surface area contributed by atoms with Crippen LogP contribution in [-0.4, -0.2) is 35.1 Å². The summed E-state index contributed by atoms with van der Waals surface area (Å²) in [5.74, 6) is -1.71. The van der Waals surface area contributed by atoms with E-state index in [2.05, 4.69) is 0 Å². The standard InChI is InChI=1S/C7H6O2.C6H6O3S.C2H4O2/c8-7(9)6-4-2-1-3-5-6;7-10(8,9)6-4-2-1-3-5-6;1-2(3)4/h1-5H,(H,8,9);1-5H,(H,7,8,9);1H3,(H,3,4). The van der Waals surface area contributed by atoms with Gasteiger partial charge in [-0.2, -0.15) is 8.42 Å². The molecule has 3 N–H and O–H groups in total. The van der Waals surface area contributed by atoms with Crippen LogP contribution in [0.15, 0.2) is 65.6 Å². The fraction of sp³-hybridized carbons (Fsp3) is 0.0667. The minimum Gasteiger partial charge on any atom is -0.481 e. The van der Waals surface area contributed by atoms with Gasteiger partial charge in [0.05, 0.1) is 10.5 Å². The van der Waals surface area contributed by atoms with Crippen LogP contribution in [0.4, 0.5) is 0 Å². The van der Waals surface area contributed by atoms with Gasteiger partial charge in [0, 0.05) is 6.92 Å². The molecule has 0 aliphatic carbocycles. The van der Waals surface area contributed by atoms with E-state index in [1.807, 2.05) is 0 Å². The molecule has 23 heavy (non-hydrogen) atoms. The lowest BCUT2D eigenvalue weighted by Crippen LogP contribution is -1.96. The average Bonchev–Trinajstić information content (AvgIpc) is 2.48. The quantitative estimate of drug-likeness (QED) is 0.716. The molecule has 0 fully saturated rings. The molecule has 0 aliphatic rings. The molecule has 0 unspecified atom stereocenters. The fourth-order valence-electron chi connectivity index (χ4n) is 1.17. The Morgan fingerprint density at radius 1 is 0.826 bits per heavy atom. The van der Waals surface area contributed by atoms with Gasteiger partial charge in [-0.15, -0.1) is 0 Å². The van der Waals surface area contributed by atoms with Crippen LogP contribution in [0.1, 0.15) is 17.3 Å². The first kappa shape index (κ1) is 20.3. The normalized spacial score (nSPS) is 9.48. The van der Waals surface area contributed by atoms with Crippen molar-refractivity contribution in [3.63, 3.8) is 0 Å². The number of aromatic carboxylic acids is 1. The van der Waals surface area contributed by atoms with Gasteiger partial charge < -0.3 is 10.2 Å². The van der Waals surface area contributed by atoms with Gasteiger partial charge in [0.1, 0.15) is 0 Å². The Kier molecular flexibility index (Phi) is 8.90. The second-order valence-corrected chi connectivity index (χ2v) is 5.40. The van der Waals surface area contributed by atoms with Gasteiger partial charge in [-0.05, 0) is 24.3 Å². The van der Waals surface area contributed by atoms with Crippen molar-refractivity contribution in [1.82, 2.24) is 0 Å². The van der Waals surface area contributed by atoms with Crippen LogP contribution in [-0.2, 0) is 14.9 Å². The Balaban J connectivity index is 0.000000345. The maximum atomic E-state index is 10.4. The van der Waals surface area contributed by atoms with E-state index in [1.54, 1.807) is 48.5 Å². The van der Waals surface area contributed by atoms with Crippen molar-refractivity contribution in [2.75, 3.05) is 0 Å². The Hall–Kier alpha value is -2.71. The lowest BCUT2D eigenvalue weighted by molar-refractivity contribution is -0.134. The van der Waals surface area contributed by atoms with Crippen molar-refractivity contribution in [2.24, 2.45) is 0 Å². The molecular weight excluding hydrogens is 324 g/mol. The lowest BCUT2D eigenvalue weighted by atomic mass is 10.2. The largest absolute Gasteiger partial charge is 0.481 e. The van der Waals surface area contributed by atoms with E-state index in [4.69, 9.17) is 19.6 Å². The summed E-state index contributed by atoms with van der Waals surface area (Å²) in [6, 6.07) is 15.7. The van der Waals surface area contributed by atoms with Crippen molar-refractivity contribution < 1.29 is 32.8 Å². The number of carboxylic acids is 2. The van der Waals surface area contributed by atoms with E-state index >= 15 is 0 Å². The molecule has 0 saturated heterocycles. The third kappa shape index (κ3) is 10.6.